The fourth-order valence-corrected chi connectivity index (χ4v) is 2.75. The largest absolute Gasteiger partial charge is 0.295 e. The summed E-state index contributed by atoms with van der Waals surface area (Å²) in [5, 5.41) is 0.871. The van der Waals surface area contributed by atoms with E-state index in [1.54, 1.807) is 22.8 Å². The van der Waals surface area contributed by atoms with Crippen LogP contribution in [-0.2, 0) is 5.88 Å². The molecule has 1 aromatic heterocycles. The first-order chi connectivity index (χ1) is 10.0. The number of aromatic nitrogens is 2. The number of benzene rings is 2. The van der Waals surface area contributed by atoms with E-state index in [0.717, 1.165) is 5.69 Å². The van der Waals surface area contributed by atoms with Gasteiger partial charge in [0.05, 0.1) is 32.0 Å². The van der Waals surface area contributed by atoms with Gasteiger partial charge in [-0.1, -0.05) is 34.8 Å². The minimum Gasteiger partial charge on any atom is -0.295 e. The summed E-state index contributed by atoms with van der Waals surface area (Å²) in [5.74, 6) is 0.199. The molecule has 0 N–H and O–H groups in total. The lowest BCUT2D eigenvalue weighted by molar-refractivity contribution is 0.630. The molecule has 0 aliphatic rings. The highest BCUT2D eigenvalue weighted by molar-refractivity contribution is 6.42. The SMILES string of the molecule is Fc1cc2nc(CCl)n(-c3ccc(Cl)c(Cl)c3)c2cc1Cl. The minimum atomic E-state index is -0.524. The zero-order valence-electron chi connectivity index (χ0n) is 10.4. The Balaban J connectivity index is 2.34. The van der Waals surface area contributed by atoms with Crippen molar-refractivity contribution in [3.05, 3.63) is 57.0 Å². The third-order valence-corrected chi connectivity index (χ3v) is 4.31. The number of hydrogen-bond donors (Lipinski definition) is 0. The van der Waals surface area contributed by atoms with Gasteiger partial charge >= 0.3 is 0 Å². The van der Waals surface area contributed by atoms with E-state index in [1.165, 1.54) is 12.1 Å². The van der Waals surface area contributed by atoms with Crippen molar-refractivity contribution >= 4 is 57.4 Å². The summed E-state index contributed by atoms with van der Waals surface area (Å²) in [5.41, 5.74) is 1.85. The van der Waals surface area contributed by atoms with Crippen LogP contribution in [0.1, 0.15) is 5.82 Å². The Morgan fingerprint density at radius 1 is 1.00 bits per heavy atom. The van der Waals surface area contributed by atoms with Crippen LogP contribution in [0, 0.1) is 5.82 Å². The van der Waals surface area contributed by atoms with Gasteiger partial charge in [0.1, 0.15) is 11.6 Å². The molecule has 0 radical (unpaired) electrons. The van der Waals surface area contributed by atoms with E-state index in [1.807, 2.05) is 0 Å². The Bertz CT molecular complexity index is 845. The van der Waals surface area contributed by atoms with Crippen molar-refractivity contribution in [1.82, 2.24) is 9.55 Å². The van der Waals surface area contributed by atoms with Gasteiger partial charge in [-0.15, -0.1) is 11.6 Å². The third-order valence-electron chi connectivity index (χ3n) is 3.05. The highest BCUT2D eigenvalue weighted by Gasteiger charge is 2.15. The van der Waals surface area contributed by atoms with Gasteiger partial charge in [0, 0.05) is 11.8 Å². The Kier molecular flexibility index (Phi) is 4.02. The number of fused-ring (bicyclic) bond motifs is 1. The maximum Gasteiger partial charge on any atom is 0.144 e. The van der Waals surface area contributed by atoms with E-state index in [-0.39, 0.29) is 10.9 Å². The molecule has 7 heteroatoms. The first-order valence-corrected chi connectivity index (χ1v) is 7.56. The lowest BCUT2D eigenvalue weighted by Crippen LogP contribution is -1.99. The van der Waals surface area contributed by atoms with Crippen molar-refractivity contribution in [2.45, 2.75) is 5.88 Å². The van der Waals surface area contributed by atoms with E-state index in [0.29, 0.717) is 26.9 Å². The van der Waals surface area contributed by atoms with E-state index < -0.39 is 5.82 Å². The monoisotopic (exact) mass is 362 g/mol. The van der Waals surface area contributed by atoms with Gasteiger partial charge in [0.15, 0.2) is 0 Å². The van der Waals surface area contributed by atoms with E-state index in [9.17, 15) is 4.39 Å². The van der Waals surface area contributed by atoms with Crippen molar-refractivity contribution in [3.8, 4) is 5.69 Å². The van der Waals surface area contributed by atoms with Crippen molar-refractivity contribution in [3.63, 3.8) is 0 Å². The summed E-state index contributed by atoms with van der Waals surface area (Å²) < 4.78 is 15.3. The molecular weight excluding hydrogens is 357 g/mol. The molecule has 0 saturated carbocycles. The molecule has 2 nitrogen and oxygen atoms in total. The summed E-state index contributed by atoms with van der Waals surface area (Å²) in [6, 6.07) is 7.94. The van der Waals surface area contributed by atoms with Crippen molar-refractivity contribution in [1.29, 1.82) is 0 Å². The van der Waals surface area contributed by atoms with Crippen LogP contribution in [0.4, 0.5) is 4.39 Å². The highest BCUT2D eigenvalue weighted by atomic mass is 35.5. The fraction of sp³-hybridized carbons (Fsp3) is 0.0714. The quantitative estimate of drug-likeness (QED) is 0.521. The second kappa shape index (κ2) is 5.65. The van der Waals surface area contributed by atoms with Crippen LogP contribution in [0.5, 0.6) is 0 Å². The zero-order chi connectivity index (χ0) is 15.1. The average molecular weight is 364 g/mol. The first kappa shape index (κ1) is 14.9. The van der Waals surface area contributed by atoms with Gasteiger partial charge in [-0.25, -0.2) is 9.37 Å². The molecule has 3 rings (SSSR count). The third kappa shape index (κ3) is 2.59. The second-order valence-electron chi connectivity index (χ2n) is 4.35. The van der Waals surface area contributed by atoms with Gasteiger partial charge in [0.2, 0.25) is 0 Å². The fourth-order valence-electron chi connectivity index (χ4n) is 2.12. The molecule has 1 heterocycles. The Morgan fingerprint density at radius 2 is 1.76 bits per heavy atom. The normalized spacial score (nSPS) is 11.3. The lowest BCUT2D eigenvalue weighted by Gasteiger charge is -2.09. The number of imidazole rings is 1. The smallest absolute Gasteiger partial charge is 0.144 e. The molecule has 108 valence electrons. The molecule has 3 aromatic rings. The van der Waals surface area contributed by atoms with Gasteiger partial charge < -0.3 is 0 Å². The van der Waals surface area contributed by atoms with Crippen LogP contribution in [-0.4, -0.2) is 9.55 Å². The Hall–Kier alpha value is -1.000. The average Bonchev–Trinajstić information content (AvgIpc) is 2.80. The van der Waals surface area contributed by atoms with Crippen LogP contribution in [0.2, 0.25) is 15.1 Å². The zero-order valence-corrected chi connectivity index (χ0v) is 13.4. The Labute approximate surface area is 140 Å². The van der Waals surface area contributed by atoms with Crippen LogP contribution < -0.4 is 0 Å². The molecule has 0 atom stereocenters. The first-order valence-electron chi connectivity index (χ1n) is 5.89. The predicted molar refractivity (Wildman–Crippen MR) is 85.6 cm³/mol. The Morgan fingerprint density at radius 3 is 2.43 bits per heavy atom. The van der Waals surface area contributed by atoms with Gasteiger partial charge in [-0.3, -0.25) is 4.57 Å². The molecule has 0 aliphatic heterocycles. The molecule has 0 spiro atoms. The molecule has 0 unspecified atom stereocenters. The topological polar surface area (TPSA) is 17.8 Å². The summed E-state index contributed by atoms with van der Waals surface area (Å²) in [6.07, 6.45) is 0. The summed E-state index contributed by atoms with van der Waals surface area (Å²) in [4.78, 5) is 4.32. The second-order valence-corrected chi connectivity index (χ2v) is 5.84. The standard InChI is InChI=1S/C14H7Cl4FN2/c15-6-14-20-12-5-11(19)10(18)4-13(12)21(14)7-1-2-8(16)9(17)3-7/h1-5H,6H2. The number of rotatable bonds is 2. The highest BCUT2D eigenvalue weighted by Crippen LogP contribution is 2.30. The molecule has 0 saturated heterocycles. The van der Waals surface area contributed by atoms with Crippen LogP contribution in [0.3, 0.4) is 0 Å². The van der Waals surface area contributed by atoms with Crippen LogP contribution in [0.15, 0.2) is 30.3 Å². The maximum absolute atomic E-state index is 13.6. The maximum atomic E-state index is 13.6. The number of nitrogens with zero attached hydrogens (tertiary/aromatic N) is 2. The molecule has 0 bridgehead atoms. The van der Waals surface area contributed by atoms with Crippen molar-refractivity contribution < 1.29 is 4.39 Å². The van der Waals surface area contributed by atoms with E-state index in [4.69, 9.17) is 46.4 Å². The van der Waals surface area contributed by atoms with E-state index in [2.05, 4.69) is 4.98 Å². The summed E-state index contributed by atoms with van der Waals surface area (Å²) in [7, 11) is 0. The summed E-state index contributed by atoms with van der Waals surface area (Å²) >= 11 is 23.8. The molecule has 2 aromatic carbocycles. The van der Waals surface area contributed by atoms with Crippen LogP contribution >= 0.6 is 46.4 Å². The number of halogens is 5. The molecule has 0 amide bonds. The van der Waals surface area contributed by atoms with Gasteiger partial charge in [-0.05, 0) is 24.3 Å². The molecular formula is C14H7Cl4FN2. The van der Waals surface area contributed by atoms with E-state index >= 15 is 0 Å². The molecule has 0 fully saturated rings. The molecule has 21 heavy (non-hydrogen) atoms. The van der Waals surface area contributed by atoms with Gasteiger partial charge in [0.25, 0.3) is 0 Å². The van der Waals surface area contributed by atoms with Gasteiger partial charge in [-0.2, -0.15) is 0 Å². The number of alkyl halides is 1. The summed E-state index contributed by atoms with van der Waals surface area (Å²) in [6.45, 7) is 0. The lowest BCUT2D eigenvalue weighted by atomic mass is 10.2. The predicted octanol–water partition coefficient (Wildman–Crippen LogP) is 5.86. The van der Waals surface area contributed by atoms with Crippen molar-refractivity contribution in [2.75, 3.05) is 0 Å². The minimum absolute atomic E-state index is 0.0184. The number of hydrogen-bond acceptors (Lipinski definition) is 1. The molecule has 0 aliphatic carbocycles. The van der Waals surface area contributed by atoms with Crippen molar-refractivity contribution in [2.24, 2.45) is 0 Å². The van der Waals surface area contributed by atoms with Crippen LogP contribution in [0.25, 0.3) is 16.7 Å².